The number of morpholine rings is 1. The van der Waals surface area contributed by atoms with Crippen LogP contribution < -0.4 is 5.32 Å². The second-order valence-corrected chi connectivity index (χ2v) is 6.98. The molecule has 0 unspecified atom stereocenters. The number of aromatic nitrogens is 1. The summed E-state index contributed by atoms with van der Waals surface area (Å²) < 4.78 is 16.6. The molecule has 2 aromatic rings. The lowest BCUT2D eigenvalue weighted by atomic mass is 10.0. The summed E-state index contributed by atoms with van der Waals surface area (Å²) in [5.74, 6) is 2.28. The number of carbonyl (C=O) groups is 1. The fourth-order valence-electron chi connectivity index (χ4n) is 3.27. The minimum Gasteiger partial charge on any atom is -0.465 e. The normalized spacial score (nSPS) is 16.8. The van der Waals surface area contributed by atoms with Gasteiger partial charge in [0.2, 0.25) is 0 Å². The maximum absolute atomic E-state index is 12.8. The number of rotatable bonds is 6. The van der Waals surface area contributed by atoms with Crippen molar-refractivity contribution in [3.05, 3.63) is 40.7 Å². The maximum atomic E-state index is 12.8. The zero-order chi connectivity index (χ0) is 18.7. The highest BCUT2D eigenvalue weighted by atomic mass is 16.5. The van der Waals surface area contributed by atoms with Crippen LogP contribution in [0.25, 0.3) is 0 Å². The van der Waals surface area contributed by atoms with Gasteiger partial charge in [-0.2, -0.15) is 0 Å². The third-order valence-electron chi connectivity index (χ3n) is 4.67. The van der Waals surface area contributed by atoms with Crippen molar-refractivity contribution in [3.63, 3.8) is 0 Å². The molecule has 1 atom stereocenters. The van der Waals surface area contributed by atoms with E-state index < -0.39 is 0 Å². The average molecular weight is 361 g/mol. The zero-order valence-corrected chi connectivity index (χ0v) is 15.9. The van der Waals surface area contributed by atoms with Crippen LogP contribution in [-0.4, -0.2) is 48.8 Å². The molecule has 2 aromatic heterocycles. The summed E-state index contributed by atoms with van der Waals surface area (Å²) in [6, 6.07) is 3.90. The number of hydrogen-bond donors (Lipinski definition) is 1. The average Bonchev–Trinajstić information content (AvgIpc) is 3.22. The van der Waals surface area contributed by atoms with E-state index in [9.17, 15) is 4.79 Å². The molecular formula is C19H27N3O4. The molecule has 26 heavy (non-hydrogen) atoms. The Labute approximate surface area is 153 Å². The molecule has 0 bridgehead atoms. The first-order valence-electron chi connectivity index (χ1n) is 9.10. The topological polar surface area (TPSA) is 80.7 Å². The van der Waals surface area contributed by atoms with Gasteiger partial charge < -0.3 is 19.0 Å². The van der Waals surface area contributed by atoms with Crippen LogP contribution in [0.2, 0.25) is 0 Å². The Bertz CT molecular complexity index is 744. The molecule has 7 heteroatoms. The van der Waals surface area contributed by atoms with Gasteiger partial charge >= 0.3 is 0 Å². The fourth-order valence-corrected chi connectivity index (χ4v) is 3.27. The number of amides is 1. The van der Waals surface area contributed by atoms with E-state index >= 15 is 0 Å². The van der Waals surface area contributed by atoms with Crippen LogP contribution in [0.1, 0.15) is 59.1 Å². The largest absolute Gasteiger partial charge is 0.465 e. The number of carbonyl (C=O) groups excluding carboxylic acids is 1. The van der Waals surface area contributed by atoms with E-state index in [1.54, 1.807) is 6.92 Å². The lowest BCUT2D eigenvalue weighted by Gasteiger charge is -2.33. The van der Waals surface area contributed by atoms with Crippen molar-refractivity contribution in [2.45, 2.75) is 39.7 Å². The van der Waals surface area contributed by atoms with Crippen LogP contribution in [0.3, 0.4) is 0 Å². The molecule has 3 heterocycles. The van der Waals surface area contributed by atoms with Gasteiger partial charge in [0.25, 0.3) is 5.91 Å². The Morgan fingerprint density at radius 1 is 1.27 bits per heavy atom. The van der Waals surface area contributed by atoms with Gasteiger partial charge in [-0.3, -0.25) is 9.69 Å². The summed E-state index contributed by atoms with van der Waals surface area (Å²) in [4.78, 5) is 15.1. The van der Waals surface area contributed by atoms with Crippen LogP contribution in [0.15, 0.2) is 21.1 Å². The van der Waals surface area contributed by atoms with Gasteiger partial charge in [-0.15, -0.1) is 0 Å². The molecule has 0 aliphatic carbocycles. The first-order valence-corrected chi connectivity index (χ1v) is 9.10. The highest BCUT2D eigenvalue weighted by molar-refractivity contribution is 5.96. The quantitative estimate of drug-likeness (QED) is 0.852. The summed E-state index contributed by atoms with van der Waals surface area (Å²) in [5, 5.41) is 7.00. The molecule has 1 aliphatic heterocycles. The number of hydrogen-bond acceptors (Lipinski definition) is 6. The molecular weight excluding hydrogens is 334 g/mol. The molecule has 1 saturated heterocycles. The minimum atomic E-state index is -0.158. The lowest BCUT2D eigenvalue weighted by molar-refractivity contribution is 0.0117. The van der Waals surface area contributed by atoms with E-state index in [0.29, 0.717) is 36.8 Å². The number of aryl methyl sites for hydroxylation is 2. The minimum absolute atomic E-state index is 0.0285. The molecule has 1 amide bonds. The molecule has 1 N–H and O–H groups in total. The van der Waals surface area contributed by atoms with E-state index in [-0.39, 0.29) is 17.9 Å². The van der Waals surface area contributed by atoms with Crippen molar-refractivity contribution in [1.82, 2.24) is 15.4 Å². The highest BCUT2D eigenvalue weighted by Crippen LogP contribution is 2.25. The van der Waals surface area contributed by atoms with Gasteiger partial charge in [-0.25, -0.2) is 0 Å². The third-order valence-corrected chi connectivity index (χ3v) is 4.67. The standard InChI is InChI=1S/C19H27N3O4/c1-12(2)18-17(14(4)21-26-18)19(23)20-11-15(16-6-5-13(3)25-16)22-7-9-24-10-8-22/h5-6,12,15H,7-11H2,1-4H3,(H,20,23)/t15-/m0/s1. The fraction of sp³-hybridized carbons (Fsp3) is 0.579. The second kappa shape index (κ2) is 8.05. The Hall–Kier alpha value is -2.12. The Balaban J connectivity index is 1.75. The predicted molar refractivity (Wildman–Crippen MR) is 96.2 cm³/mol. The molecule has 0 radical (unpaired) electrons. The van der Waals surface area contributed by atoms with Crippen molar-refractivity contribution in [2.75, 3.05) is 32.8 Å². The first kappa shape index (κ1) is 18.7. The van der Waals surface area contributed by atoms with E-state index in [2.05, 4.69) is 15.4 Å². The number of furan rings is 1. The first-order chi connectivity index (χ1) is 12.5. The molecule has 7 nitrogen and oxygen atoms in total. The molecule has 0 saturated carbocycles. The van der Waals surface area contributed by atoms with Gasteiger partial charge in [0.05, 0.1) is 24.9 Å². The number of ether oxygens (including phenoxy) is 1. The summed E-state index contributed by atoms with van der Waals surface area (Å²) in [5.41, 5.74) is 1.15. The van der Waals surface area contributed by atoms with Crippen molar-refractivity contribution in [3.8, 4) is 0 Å². The predicted octanol–water partition coefficient (Wildman–Crippen LogP) is 2.81. The van der Waals surface area contributed by atoms with Gasteiger partial charge in [0, 0.05) is 25.6 Å². The Morgan fingerprint density at radius 3 is 2.62 bits per heavy atom. The van der Waals surface area contributed by atoms with Gasteiger partial charge in [-0.1, -0.05) is 19.0 Å². The van der Waals surface area contributed by atoms with E-state index in [1.807, 2.05) is 32.9 Å². The molecule has 3 rings (SSSR count). The molecule has 1 aliphatic rings. The zero-order valence-electron chi connectivity index (χ0n) is 15.9. The van der Waals surface area contributed by atoms with Crippen molar-refractivity contribution >= 4 is 5.91 Å². The third kappa shape index (κ3) is 3.99. The van der Waals surface area contributed by atoms with Crippen LogP contribution in [-0.2, 0) is 4.74 Å². The second-order valence-electron chi connectivity index (χ2n) is 6.98. The monoisotopic (exact) mass is 361 g/mol. The van der Waals surface area contributed by atoms with E-state index in [0.717, 1.165) is 24.6 Å². The number of nitrogens with zero attached hydrogens (tertiary/aromatic N) is 2. The summed E-state index contributed by atoms with van der Waals surface area (Å²) in [7, 11) is 0. The van der Waals surface area contributed by atoms with Crippen molar-refractivity contribution in [2.24, 2.45) is 0 Å². The number of nitrogens with one attached hydrogen (secondary N) is 1. The van der Waals surface area contributed by atoms with Crippen LogP contribution in [0.5, 0.6) is 0 Å². The Kier molecular flexibility index (Phi) is 5.78. The SMILES string of the molecule is Cc1ccc([C@H](CNC(=O)c2c(C)noc2C(C)C)N2CCOCC2)o1. The smallest absolute Gasteiger partial charge is 0.256 e. The van der Waals surface area contributed by atoms with Crippen molar-refractivity contribution in [1.29, 1.82) is 0 Å². The lowest BCUT2D eigenvalue weighted by Crippen LogP contribution is -2.43. The van der Waals surface area contributed by atoms with Crippen LogP contribution >= 0.6 is 0 Å². The van der Waals surface area contributed by atoms with Crippen molar-refractivity contribution < 1.29 is 18.5 Å². The summed E-state index contributed by atoms with van der Waals surface area (Å²) in [6.07, 6.45) is 0. The van der Waals surface area contributed by atoms with E-state index in [4.69, 9.17) is 13.7 Å². The van der Waals surface area contributed by atoms with Gasteiger partial charge in [0.1, 0.15) is 17.1 Å². The van der Waals surface area contributed by atoms with Crippen LogP contribution in [0, 0.1) is 13.8 Å². The maximum Gasteiger partial charge on any atom is 0.256 e. The van der Waals surface area contributed by atoms with E-state index in [1.165, 1.54) is 0 Å². The molecule has 0 spiro atoms. The van der Waals surface area contributed by atoms with Gasteiger partial charge in [-0.05, 0) is 26.0 Å². The van der Waals surface area contributed by atoms with Crippen LogP contribution in [0.4, 0.5) is 0 Å². The molecule has 0 aromatic carbocycles. The summed E-state index contributed by atoms with van der Waals surface area (Å²) in [6.45, 7) is 11.1. The van der Waals surface area contributed by atoms with Gasteiger partial charge in [0.15, 0.2) is 5.76 Å². The summed E-state index contributed by atoms with van der Waals surface area (Å²) >= 11 is 0. The molecule has 142 valence electrons. The Morgan fingerprint density at radius 2 is 2.00 bits per heavy atom. The molecule has 1 fully saturated rings. The highest BCUT2D eigenvalue weighted by Gasteiger charge is 2.28.